The minimum Gasteiger partial charge on any atom is -0.420 e. The normalized spacial score (nSPS) is 20.9. The van der Waals surface area contributed by atoms with Crippen molar-refractivity contribution in [1.82, 2.24) is 4.98 Å². The quantitative estimate of drug-likeness (QED) is 0.360. The molecule has 0 bridgehead atoms. The van der Waals surface area contributed by atoms with Gasteiger partial charge < -0.3 is 19.7 Å². The topological polar surface area (TPSA) is 106 Å². The van der Waals surface area contributed by atoms with E-state index < -0.39 is 24.1 Å². The molecule has 4 rings (SSSR count). The van der Waals surface area contributed by atoms with Crippen molar-refractivity contribution < 1.29 is 29.3 Å². The maximum Gasteiger partial charge on any atom is 0.343 e. The van der Waals surface area contributed by atoms with E-state index in [0.717, 1.165) is 10.9 Å². The number of nitrogens with zero attached hydrogens (tertiary/aromatic N) is 1. The number of hydrogen-bond donors (Lipinski definition) is 2. The van der Waals surface area contributed by atoms with Crippen molar-refractivity contribution in [3.63, 3.8) is 0 Å². The molecule has 0 saturated heterocycles. The van der Waals surface area contributed by atoms with Gasteiger partial charge in [-0.2, -0.15) is 0 Å². The number of benzene rings is 2. The fourth-order valence-corrected chi connectivity index (χ4v) is 2.58. The van der Waals surface area contributed by atoms with Crippen LogP contribution in [-0.2, 0) is 9.59 Å². The number of aliphatic hydroxyl groups is 2. The third kappa shape index (κ3) is 2.18. The highest BCUT2D eigenvalue weighted by atomic mass is 16.6. The van der Waals surface area contributed by atoms with Gasteiger partial charge in [0.25, 0.3) is 0 Å². The summed E-state index contributed by atoms with van der Waals surface area (Å²) in [5.41, 5.74) is 1.29. The van der Waals surface area contributed by atoms with Crippen molar-refractivity contribution in [2.75, 3.05) is 0 Å². The van der Waals surface area contributed by atoms with Gasteiger partial charge in [0.15, 0.2) is 23.7 Å². The monoisotopic (exact) mass is 325 g/mol. The Morgan fingerprint density at radius 2 is 1.58 bits per heavy atom. The smallest absolute Gasteiger partial charge is 0.343 e. The van der Waals surface area contributed by atoms with Crippen molar-refractivity contribution in [3.8, 4) is 11.5 Å². The van der Waals surface area contributed by atoms with Crippen LogP contribution < -0.4 is 9.47 Å². The number of hydrogen-bond acceptors (Lipinski definition) is 7. The van der Waals surface area contributed by atoms with Crippen molar-refractivity contribution in [1.29, 1.82) is 0 Å². The Kier molecular flexibility index (Phi) is 3.19. The van der Waals surface area contributed by atoms with Crippen LogP contribution in [-0.4, -0.2) is 39.3 Å². The molecule has 24 heavy (non-hydrogen) atoms. The van der Waals surface area contributed by atoms with Crippen molar-refractivity contribution in [2.24, 2.45) is 0 Å². The highest BCUT2D eigenvalue weighted by molar-refractivity contribution is 6.00. The molecule has 2 heterocycles. The summed E-state index contributed by atoms with van der Waals surface area (Å²) in [4.78, 5) is 28.2. The van der Waals surface area contributed by atoms with Crippen LogP contribution in [0, 0.1) is 0 Å². The molecule has 2 aromatic carbocycles. The lowest BCUT2D eigenvalue weighted by Gasteiger charge is -2.21. The van der Waals surface area contributed by atoms with Crippen LogP contribution in [0.25, 0.3) is 21.8 Å². The number of aliphatic hydroxyl groups excluding tert-OH is 2. The van der Waals surface area contributed by atoms with Crippen LogP contribution in [0.5, 0.6) is 11.5 Å². The SMILES string of the molecule is O=C1Oc2ccc3nc4ccccc4cc3c2OC(=O)C(O)C1O. The van der Waals surface area contributed by atoms with E-state index in [1.54, 1.807) is 12.1 Å². The summed E-state index contributed by atoms with van der Waals surface area (Å²) in [5, 5.41) is 20.5. The predicted octanol–water partition coefficient (Wildman–Crippen LogP) is 0.934. The highest BCUT2D eigenvalue weighted by Crippen LogP contribution is 2.38. The van der Waals surface area contributed by atoms with E-state index in [9.17, 15) is 19.8 Å². The first-order valence-corrected chi connectivity index (χ1v) is 7.16. The molecular formula is C17H11NO6. The number of para-hydroxylation sites is 1. The second-order valence-corrected chi connectivity index (χ2v) is 5.37. The number of rotatable bonds is 0. The fraction of sp³-hybridized carbons (Fsp3) is 0.118. The summed E-state index contributed by atoms with van der Waals surface area (Å²) in [6.45, 7) is 0. The number of ether oxygens (including phenoxy) is 2. The maximum atomic E-state index is 11.9. The van der Waals surface area contributed by atoms with Crippen LogP contribution in [0.4, 0.5) is 0 Å². The summed E-state index contributed by atoms with van der Waals surface area (Å²) < 4.78 is 10.2. The van der Waals surface area contributed by atoms with E-state index in [4.69, 9.17) is 9.47 Å². The predicted molar refractivity (Wildman–Crippen MR) is 82.5 cm³/mol. The number of carbonyl (C=O) groups is 2. The second-order valence-electron chi connectivity index (χ2n) is 5.37. The minimum atomic E-state index is -2.02. The summed E-state index contributed by atoms with van der Waals surface area (Å²) in [6, 6.07) is 12.2. The Labute approximate surface area is 135 Å². The minimum absolute atomic E-state index is 0.0185. The largest absolute Gasteiger partial charge is 0.420 e. The lowest BCUT2D eigenvalue weighted by atomic mass is 10.1. The van der Waals surface area contributed by atoms with E-state index >= 15 is 0 Å². The lowest BCUT2D eigenvalue weighted by Crippen LogP contribution is -2.45. The van der Waals surface area contributed by atoms with Gasteiger partial charge >= 0.3 is 11.9 Å². The van der Waals surface area contributed by atoms with Crippen LogP contribution in [0.1, 0.15) is 0 Å². The average molecular weight is 325 g/mol. The Hall–Kier alpha value is -3.03. The molecule has 1 aliphatic rings. The van der Waals surface area contributed by atoms with Gasteiger partial charge in [-0.3, -0.25) is 0 Å². The number of pyridine rings is 1. The molecule has 0 aliphatic carbocycles. The van der Waals surface area contributed by atoms with E-state index in [-0.39, 0.29) is 11.5 Å². The zero-order valence-electron chi connectivity index (χ0n) is 12.2. The Balaban J connectivity index is 1.98. The molecule has 3 aromatic rings. The van der Waals surface area contributed by atoms with Gasteiger partial charge in [-0.25, -0.2) is 14.6 Å². The number of aromatic nitrogens is 1. The first-order valence-electron chi connectivity index (χ1n) is 7.16. The summed E-state index contributed by atoms with van der Waals surface area (Å²) in [6.07, 6.45) is -4.02. The van der Waals surface area contributed by atoms with Crippen LogP contribution in [0.15, 0.2) is 42.5 Å². The van der Waals surface area contributed by atoms with Gasteiger partial charge in [0.2, 0.25) is 0 Å². The molecule has 1 aromatic heterocycles. The molecule has 0 spiro atoms. The standard InChI is InChI=1S/C17H11NO6/c19-13-14(20)17(22)24-15-9-7-8-3-1-2-4-10(8)18-11(9)5-6-12(15)23-16(13)21/h1-7,13-14,19-20H. The molecular weight excluding hydrogens is 314 g/mol. The molecule has 7 heteroatoms. The Morgan fingerprint density at radius 3 is 2.38 bits per heavy atom. The Bertz CT molecular complexity index is 999. The lowest BCUT2D eigenvalue weighted by molar-refractivity contribution is -0.164. The Morgan fingerprint density at radius 1 is 0.875 bits per heavy atom. The second kappa shape index (κ2) is 5.26. The molecule has 2 N–H and O–H groups in total. The molecule has 0 fully saturated rings. The summed E-state index contributed by atoms with van der Waals surface area (Å²) >= 11 is 0. The molecule has 120 valence electrons. The van der Waals surface area contributed by atoms with Gasteiger partial charge in [0, 0.05) is 10.8 Å². The third-order valence-electron chi connectivity index (χ3n) is 3.81. The molecule has 0 radical (unpaired) electrons. The van der Waals surface area contributed by atoms with Gasteiger partial charge in [0.1, 0.15) is 0 Å². The van der Waals surface area contributed by atoms with Crippen LogP contribution in [0.2, 0.25) is 0 Å². The first-order chi connectivity index (χ1) is 11.5. The number of carbonyl (C=O) groups excluding carboxylic acids is 2. The van der Waals surface area contributed by atoms with E-state index in [2.05, 4.69) is 4.98 Å². The molecule has 2 unspecified atom stereocenters. The number of esters is 2. The highest BCUT2D eigenvalue weighted by Gasteiger charge is 2.37. The van der Waals surface area contributed by atoms with Crippen molar-refractivity contribution in [2.45, 2.75) is 12.2 Å². The van der Waals surface area contributed by atoms with Crippen LogP contribution in [0.3, 0.4) is 0 Å². The fourth-order valence-electron chi connectivity index (χ4n) is 2.58. The first kappa shape index (κ1) is 14.6. The molecule has 0 amide bonds. The van der Waals surface area contributed by atoms with Gasteiger partial charge in [0.05, 0.1) is 11.0 Å². The van der Waals surface area contributed by atoms with Crippen LogP contribution >= 0.6 is 0 Å². The molecule has 0 saturated carbocycles. The zero-order chi connectivity index (χ0) is 16.8. The summed E-state index contributed by atoms with van der Waals surface area (Å²) in [7, 11) is 0. The van der Waals surface area contributed by atoms with E-state index in [1.807, 2.05) is 24.3 Å². The summed E-state index contributed by atoms with van der Waals surface area (Å²) in [5.74, 6) is -2.31. The van der Waals surface area contributed by atoms with Crippen molar-refractivity contribution in [3.05, 3.63) is 42.5 Å². The molecule has 2 atom stereocenters. The van der Waals surface area contributed by atoms with Crippen molar-refractivity contribution >= 4 is 33.7 Å². The van der Waals surface area contributed by atoms with E-state index in [1.165, 1.54) is 6.07 Å². The van der Waals surface area contributed by atoms with Gasteiger partial charge in [-0.1, -0.05) is 18.2 Å². The number of fused-ring (bicyclic) bond motifs is 4. The van der Waals surface area contributed by atoms with Gasteiger partial charge in [-0.15, -0.1) is 0 Å². The van der Waals surface area contributed by atoms with Gasteiger partial charge in [-0.05, 0) is 24.3 Å². The average Bonchev–Trinajstić information content (AvgIpc) is 2.60. The third-order valence-corrected chi connectivity index (χ3v) is 3.81. The maximum absolute atomic E-state index is 11.9. The molecule has 1 aliphatic heterocycles. The molecule has 7 nitrogen and oxygen atoms in total. The zero-order valence-corrected chi connectivity index (χ0v) is 12.2. The van der Waals surface area contributed by atoms with E-state index in [0.29, 0.717) is 10.9 Å².